The predicted octanol–water partition coefficient (Wildman–Crippen LogP) is -1.95. The minimum atomic E-state index is -1.20. The van der Waals surface area contributed by atoms with Crippen molar-refractivity contribution in [1.82, 2.24) is 4.98 Å². The van der Waals surface area contributed by atoms with Crippen LogP contribution in [0, 0.1) is 11.5 Å². The van der Waals surface area contributed by atoms with Gasteiger partial charge in [0.1, 0.15) is 0 Å². The van der Waals surface area contributed by atoms with Crippen molar-refractivity contribution >= 4 is 9.92 Å². The molecule has 0 aromatic heterocycles. The molecular weight excluding hydrogens is 84.1 g/mol. The van der Waals surface area contributed by atoms with Crippen LogP contribution < -0.4 is 4.98 Å². The number of hydrogen-bond donors (Lipinski definition) is 2. The Morgan fingerprint density at radius 1 is 2.00 bits per heavy atom. The molecule has 0 aromatic rings. The highest BCUT2D eigenvalue weighted by Crippen LogP contribution is 1.27. The molecule has 0 rings (SSSR count). The van der Waals surface area contributed by atoms with Crippen molar-refractivity contribution in [2.45, 2.75) is 0 Å². The molecule has 0 saturated heterocycles. The summed E-state index contributed by atoms with van der Waals surface area (Å²) in [6.45, 7) is 0. The fraction of sp³-hybridized carbons (Fsp3) is 0. The van der Waals surface area contributed by atoms with E-state index < -0.39 is 9.92 Å². The SMILES string of the molecule is N#CN[SiH2]O. The van der Waals surface area contributed by atoms with Crippen LogP contribution in [0.25, 0.3) is 0 Å². The van der Waals surface area contributed by atoms with E-state index in [0.717, 1.165) is 0 Å². The molecule has 0 saturated carbocycles. The van der Waals surface area contributed by atoms with Crippen molar-refractivity contribution in [3.8, 4) is 6.19 Å². The van der Waals surface area contributed by atoms with E-state index in [1.807, 2.05) is 0 Å². The van der Waals surface area contributed by atoms with Gasteiger partial charge in [0.25, 0.3) is 9.92 Å². The molecule has 0 atom stereocenters. The molecular formula is CH4N2OSi. The van der Waals surface area contributed by atoms with Crippen LogP contribution in [-0.4, -0.2) is 14.7 Å². The van der Waals surface area contributed by atoms with Gasteiger partial charge in [-0.25, -0.2) is 0 Å². The molecule has 0 aliphatic rings. The van der Waals surface area contributed by atoms with E-state index in [4.69, 9.17) is 10.1 Å². The van der Waals surface area contributed by atoms with Gasteiger partial charge in [0.05, 0.1) is 0 Å². The van der Waals surface area contributed by atoms with Crippen LogP contribution in [0.5, 0.6) is 0 Å². The maximum atomic E-state index is 7.87. The van der Waals surface area contributed by atoms with Crippen LogP contribution in [0.3, 0.4) is 0 Å². The molecule has 0 bridgehead atoms. The average molecular weight is 88.1 g/mol. The van der Waals surface area contributed by atoms with Gasteiger partial charge in [0.2, 0.25) is 0 Å². The summed E-state index contributed by atoms with van der Waals surface area (Å²) in [7, 11) is -1.20. The Kier molecular flexibility index (Phi) is 3.10. The molecule has 0 spiro atoms. The summed E-state index contributed by atoms with van der Waals surface area (Å²) >= 11 is 0. The Bertz CT molecular complexity index is 48.1. The Labute approximate surface area is 32.3 Å². The fourth-order valence-corrected chi connectivity index (χ4v) is 0.106. The van der Waals surface area contributed by atoms with Gasteiger partial charge in [-0.2, -0.15) is 5.26 Å². The van der Waals surface area contributed by atoms with Crippen LogP contribution in [0.4, 0.5) is 0 Å². The van der Waals surface area contributed by atoms with Gasteiger partial charge in [-0.3, -0.25) is 0 Å². The first-order chi connectivity index (χ1) is 2.41. The van der Waals surface area contributed by atoms with E-state index in [2.05, 4.69) is 4.98 Å². The van der Waals surface area contributed by atoms with Crippen molar-refractivity contribution in [3.05, 3.63) is 0 Å². The van der Waals surface area contributed by atoms with Crippen molar-refractivity contribution in [2.75, 3.05) is 0 Å². The Balaban J connectivity index is 2.48. The summed E-state index contributed by atoms with van der Waals surface area (Å²) in [6.07, 6.45) is 1.58. The molecule has 2 N–H and O–H groups in total. The largest absolute Gasteiger partial charge is 0.419 e. The van der Waals surface area contributed by atoms with E-state index in [9.17, 15) is 0 Å². The summed E-state index contributed by atoms with van der Waals surface area (Å²) < 4.78 is 0. The summed E-state index contributed by atoms with van der Waals surface area (Å²) in [4.78, 5) is 9.98. The highest BCUT2D eigenvalue weighted by Gasteiger charge is 1.62. The van der Waals surface area contributed by atoms with Gasteiger partial charge in [-0.1, -0.05) is 0 Å². The monoisotopic (exact) mass is 88.0 g/mol. The maximum absolute atomic E-state index is 7.87. The fourth-order valence-electron chi connectivity index (χ4n) is 0.0354. The van der Waals surface area contributed by atoms with Gasteiger partial charge in [0, 0.05) is 0 Å². The van der Waals surface area contributed by atoms with Crippen molar-refractivity contribution < 1.29 is 4.80 Å². The molecule has 0 unspecified atom stereocenters. The van der Waals surface area contributed by atoms with E-state index in [1.165, 1.54) is 0 Å². The molecule has 3 nitrogen and oxygen atoms in total. The van der Waals surface area contributed by atoms with Crippen molar-refractivity contribution in [3.63, 3.8) is 0 Å². The molecule has 0 radical (unpaired) electrons. The number of nitriles is 1. The van der Waals surface area contributed by atoms with Gasteiger partial charge in [0.15, 0.2) is 6.19 Å². The first kappa shape index (κ1) is 4.47. The third kappa shape index (κ3) is 3.47. The van der Waals surface area contributed by atoms with Gasteiger partial charge < -0.3 is 9.78 Å². The summed E-state index contributed by atoms with van der Waals surface area (Å²) in [6, 6.07) is 0. The van der Waals surface area contributed by atoms with Crippen LogP contribution in [-0.2, 0) is 0 Å². The minimum Gasteiger partial charge on any atom is -0.419 e. The van der Waals surface area contributed by atoms with Crippen molar-refractivity contribution in [2.24, 2.45) is 0 Å². The van der Waals surface area contributed by atoms with Gasteiger partial charge in [-0.05, 0) is 0 Å². The van der Waals surface area contributed by atoms with Crippen molar-refractivity contribution in [1.29, 1.82) is 5.26 Å². The quantitative estimate of drug-likeness (QED) is 0.222. The molecule has 28 valence electrons. The summed E-state index contributed by atoms with van der Waals surface area (Å²) in [5.74, 6) is 0. The Morgan fingerprint density at radius 2 is 2.60 bits per heavy atom. The molecule has 0 aromatic carbocycles. The number of rotatable bonds is 1. The number of hydrogen-bond acceptors (Lipinski definition) is 3. The van der Waals surface area contributed by atoms with Crippen LogP contribution in [0.15, 0.2) is 0 Å². The number of nitrogens with one attached hydrogen (secondary N) is 1. The standard InChI is InChI=1S/CH4N2OSi/c2-1-3-5-4/h3-4H,5H2. The zero-order valence-electron chi connectivity index (χ0n) is 2.60. The summed E-state index contributed by atoms with van der Waals surface area (Å²) in [5, 5.41) is 7.58. The molecule has 5 heavy (non-hydrogen) atoms. The highest BCUT2D eigenvalue weighted by molar-refractivity contribution is 6.22. The average Bonchev–Trinajstić information content (AvgIpc) is 1.41. The second kappa shape index (κ2) is 3.47. The van der Waals surface area contributed by atoms with Crippen LogP contribution in [0.2, 0.25) is 0 Å². The normalized spacial score (nSPS) is 8.00. The molecule has 0 aliphatic carbocycles. The molecule has 0 fully saturated rings. The van der Waals surface area contributed by atoms with E-state index in [-0.39, 0.29) is 0 Å². The zero-order chi connectivity index (χ0) is 4.12. The molecule has 0 aliphatic heterocycles. The zero-order valence-corrected chi connectivity index (χ0v) is 4.02. The lowest BCUT2D eigenvalue weighted by atomic mass is 11.5. The lowest BCUT2D eigenvalue weighted by Gasteiger charge is -1.73. The predicted molar refractivity (Wildman–Crippen MR) is 19.5 cm³/mol. The maximum Gasteiger partial charge on any atom is 0.270 e. The first-order valence-corrected chi connectivity index (χ1v) is 2.48. The second-order valence-electron chi connectivity index (χ2n) is 0.447. The highest BCUT2D eigenvalue weighted by atomic mass is 28.2. The molecule has 0 heterocycles. The van der Waals surface area contributed by atoms with Crippen LogP contribution >= 0.6 is 0 Å². The lowest BCUT2D eigenvalue weighted by molar-refractivity contribution is 0.595. The molecule has 4 heteroatoms. The van der Waals surface area contributed by atoms with Gasteiger partial charge in [-0.15, -0.1) is 0 Å². The Morgan fingerprint density at radius 3 is 2.60 bits per heavy atom. The third-order valence-electron chi connectivity index (χ3n) is 0.158. The number of nitrogens with zero attached hydrogens (tertiary/aromatic N) is 1. The third-order valence-corrected chi connectivity index (χ3v) is 0.474. The van der Waals surface area contributed by atoms with E-state index in [1.54, 1.807) is 6.19 Å². The smallest absolute Gasteiger partial charge is 0.270 e. The van der Waals surface area contributed by atoms with Crippen LogP contribution in [0.1, 0.15) is 0 Å². The minimum absolute atomic E-state index is 1.20. The second-order valence-corrected chi connectivity index (χ2v) is 1.12. The topological polar surface area (TPSA) is 56.0 Å². The lowest BCUT2D eigenvalue weighted by Crippen LogP contribution is -2.09. The Hall–Kier alpha value is -0.533. The van der Waals surface area contributed by atoms with E-state index in [0.29, 0.717) is 0 Å². The van der Waals surface area contributed by atoms with E-state index >= 15 is 0 Å². The van der Waals surface area contributed by atoms with Gasteiger partial charge >= 0.3 is 0 Å². The summed E-state index contributed by atoms with van der Waals surface area (Å²) in [5.41, 5.74) is 0. The first-order valence-electron chi connectivity index (χ1n) is 1.14. The molecule has 0 amide bonds.